The van der Waals surface area contributed by atoms with Gasteiger partial charge in [0.15, 0.2) is 0 Å². The molecule has 0 aromatic carbocycles. The zero-order valence-electron chi connectivity index (χ0n) is 7.11. The van der Waals surface area contributed by atoms with Gasteiger partial charge in [0.25, 0.3) is 0 Å². The van der Waals surface area contributed by atoms with Gasteiger partial charge in [0.05, 0.1) is 0 Å². The predicted molar refractivity (Wildman–Crippen MR) is 41.5 cm³/mol. The van der Waals surface area contributed by atoms with Gasteiger partial charge in [0, 0.05) is 19.6 Å². The summed E-state index contributed by atoms with van der Waals surface area (Å²) in [6.45, 7) is 4.29. The highest BCUT2D eigenvalue weighted by Crippen LogP contribution is 2.16. The molecule has 0 radical (unpaired) electrons. The van der Waals surface area contributed by atoms with E-state index in [1.165, 1.54) is 0 Å². The Morgan fingerprint density at radius 1 is 1.45 bits per heavy atom. The molecule has 0 aromatic rings. The maximum Gasteiger partial charge on any atom is 0.246 e. The lowest BCUT2D eigenvalue weighted by Gasteiger charge is -2.19. The summed E-state index contributed by atoms with van der Waals surface area (Å²) in [5.41, 5.74) is 5.29. The van der Waals surface area contributed by atoms with Crippen LogP contribution in [-0.4, -0.2) is 30.6 Å². The van der Waals surface area contributed by atoms with Crippen LogP contribution in [-0.2, 0) is 0 Å². The topological polar surface area (TPSA) is 29.3 Å². The molecule has 0 spiro atoms. The SMILES string of the molecule is CCN(CN)CCC(C)(F)F. The van der Waals surface area contributed by atoms with E-state index in [1.54, 1.807) is 4.90 Å². The van der Waals surface area contributed by atoms with Crippen LogP contribution in [0, 0.1) is 0 Å². The Kier molecular flexibility index (Phi) is 4.52. The Morgan fingerprint density at radius 2 is 2.00 bits per heavy atom. The number of hydrogen-bond acceptors (Lipinski definition) is 2. The van der Waals surface area contributed by atoms with E-state index in [9.17, 15) is 8.78 Å². The molecule has 2 N–H and O–H groups in total. The van der Waals surface area contributed by atoms with Gasteiger partial charge in [-0.15, -0.1) is 0 Å². The Bertz CT molecular complexity index is 97.1. The van der Waals surface area contributed by atoms with Crippen LogP contribution in [0.4, 0.5) is 8.78 Å². The zero-order chi connectivity index (χ0) is 8.91. The minimum atomic E-state index is -2.57. The van der Waals surface area contributed by atoms with E-state index in [0.29, 0.717) is 13.2 Å². The molecule has 0 aliphatic rings. The molecule has 2 nitrogen and oxygen atoms in total. The van der Waals surface area contributed by atoms with Gasteiger partial charge in [-0.25, -0.2) is 8.78 Å². The molecule has 0 saturated heterocycles. The van der Waals surface area contributed by atoms with Crippen molar-refractivity contribution >= 4 is 0 Å². The highest BCUT2D eigenvalue weighted by atomic mass is 19.3. The molecule has 0 amide bonds. The fraction of sp³-hybridized carbons (Fsp3) is 1.00. The molecule has 0 saturated carbocycles. The van der Waals surface area contributed by atoms with E-state index in [-0.39, 0.29) is 6.42 Å². The van der Waals surface area contributed by atoms with Gasteiger partial charge in [0.1, 0.15) is 0 Å². The van der Waals surface area contributed by atoms with Crippen molar-refractivity contribution in [3.8, 4) is 0 Å². The first-order valence-electron chi connectivity index (χ1n) is 3.80. The second kappa shape index (κ2) is 4.62. The van der Waals surface area contributed by atoms with Gasteiger partial charge < -0.3 is 5.73 Å². The monoisotopic (exact) mass is 166 g/mol. The highest BCUT2D eigenvalue weighted by Gasteiger charge is 2.21. The van der Waals surface area contributed by atoms with E-state index in [4.69, 9.17) is 5.73 Å². The summed E-state index contributed by atoms with van der Waals surface area (Å²) in [6.07, 6.45) is -0.113. The number of nitrogens with two attached hydrogens (primary N) is 1. The van der Waals surface area contributed by atoms with E-state index in [0.717, 1.165) is 13.5 Å². The minimum absolute atomic E-state index is 0.113. The van der Waals surface area contributed by atoms with Crippen LogP contribution in [0.5, 0.6) is 0 Å². The number of rotatable bonds is 5. The molecule has 11 heavy (non-hydrogen) atoms. The van der Waals surface area contributed by atoms with Crippen molar-refractivity contribution in [1.29, 1.82) is 0 Å². The average molecular weight is 166 g/mol. The molecule has 0 unspecified atom stereocenters. The van der Waals surface area contributed by atoms with Gasteiger partial charge in [0.2, 0.25) is 5.92 Å². The fourth-order valence-corrected chi connectivity index (χ4v) is 0.733. The van der Waals surface area contributed by atoms with Crippen molar-refractivity contribution in [3.63, 3.8) is 0 Å². The van der Waals surface area contributed by atoms with Crippen molar-refractivity contribution in [3.05, 3.63) is 0 Å². The summed E-state index contributed by atoms with van der Waals surface area (Å²) >= 11 is 0. The molecule has 68 valence electrons. The Balaban J connectivity index is 3.51. The van der Waals surface area contributed by atoms with Crippen LogP contribution < -0.4 is 5.73 Å². The van der Waals surface area contributed by atoms with Crippen LogP contribution in [0.25, 0.3) is 0 Å². The standard InChI is InChI=1S/C7H16F2N2/c1-3-11(6-10)5-4-7(2,8)9/h3-6,10H2,1-2H3. The highest BCUT2D eigenvalue weighted by molar-refractivity contribution is 4.61. The smallest absolute Gasteiger partial charge is 0.246 e. The Labute approximate surface area is 66.4 Å². The summed E-state index contributed by atoms with van der Waals surface area (Å²) in [5.74, 6) is -2.57. The van der Waals surface area contributed by atoms with Gasteiger partial charge in [-0.2, -0.15) is 0 Å². The normalized spacial score (nSPS) is 12.5. The molecule has 0 atom stereocenters. The van der Waals surface area contributed by atoms with Crippen molar-refractivity contribution in [2.24, 2.45) is 5.73 Å². The number of alkyl halides is 2. The average Bonchev–Trinajstić information content (AvgIpc) is 1.88. The first-order chi connectivity index (χ1) is 4.99. The van der Waals surface area contributed by atoms with Crippen molar-refractivity contribution in [1.82, 2.24) is 4.90 Å². The van der Waals surface area contributed by atoms with Gasteiger partial charge in [-0.3, -0.25) is 4.90 Å². The van der Waals surface area contributed by atoms with Crippen molar-refractivity contribution in [2.75, 3.05) is 19.8 Å². The first kappa shape index (κ1) is 10.8. The maximum atomic E-state index is 12.3. The fourth-order valence-electron chi connectivity index (χ4n) is 0.733. The summed E-state index contributed by atoms with van der Waals surface area (Å²) in [6, 6.07) is 0. The van der Waals surface area contributed by atoms with E-state index in [2.05, 4.69) is 0 Å². The van der Waals surface area contributed by atoms with Gasteiger partial charge >= 0.3 is 0 Å². The van der Waals surface area contributed by atoms with Crippen LogP contribution in [0.15, 0.2) is 0 Å². The third kappa shape index (κ3) is 6.19. The van der Waals surface area contributed by atoms with Crippen LogP contribution in [0.2, 0.25) is 0 Å². The van der Waals surface area contributed by atoms with Crippen LogP contribution >= 0.6 is 0 Å². The maximum absolute atomic E-state index is 12.3. The lowest BCUT2D eigenvalue weighted by atomic mass is 10.2. The third-order valence-corrected chi connectivity index (χ3v) is 1.57. The minimum Gasteiger partial charge on any atom is -0.318 e. The van der Waals surface area contributed by atoms with Crippen molar-refractivity contribution < 1.29 is 8.78 Å². The molecule has 0 aliphatic heterocycles. The summed E-state index contributed by atoms with van der Waals surface area (Å²) in [5, 5.41) is 0. The lowest BCUT2D eigenvalue weighted by Crippen LogP contribution is -2.33. The summed E-state index contributed by atoms with van der Waals surface area (Å²) in [7, 11) is 0. The second-order valence-corrected chi connectivity index (χ2v) is 2.71. The van der Waals surface area contributed by atoms with Gasteiger partial charge in [-0.1, -0.05) is 6.92 Å². The summed E-state index contributed by atoms with van der Waals surface area (Å²) in [4.78, 5) is 1.78. The second-order valence-electron chi connectivity index (χ2n) is 2.71. The molecule has 4 heteroatoms. The molecular weight excluding hydrogens is 150 g/mol. The van der Waals surface area contributed by atoms with E-state index < -0.39 is 5.92 Å². The molecular formula is C7H16F2N2. The lowest BCUT2D eigenvalue weighted by molar-refractivity contribution is 0.00385. The third-order valence-electron chi connectivity index (χ3n) is 1.57. The zero-order valence-corrected chi connectivity index (χ0v) is 7.11. The number of halogens is 2. The molecule has 0 aliphatic carbocycles. The molecule has 0 rings (SSSR count). The Hall–Kier alpha value is -0.220. The largest absolute Gasteiger partial charge is 0.318 e. The molecule has 0 aromatic heterocycles. The number of nitrogens with zero attached hydrogens (tertiary/aromatic N) is 1. The Morgan fingerprint density at radius 3 is 2.27 bits per heavy atom. The quantitative estimate of drug-likeness (QED) is 0.623. The first-order valence-corrected chi connectivity index (χ1v) is 3.80. The number of hydrogen-bond donors (Lipinski definition) is 1. The predicted octanol–water partition coefficient (Wildman–Crippen LogP) is 1.27. The summed E-state index contributed by atoms with van der Waals surface area (Å²) < 4.78 is 24.6. The van der Waals surface area contributed by atoms with Crippen LogP contribution in [0.3, 0.4) is 0 Å². The van der Waals surface area contributed by atoms with Gasteiger partial charge in [-0.05, 0) is 13.5 Å². The molecule has 0 bridgehead atoms. The van der Waals surface area contributed by atoms with Crippen molar-refractivity contribution in [2.45, 2.75) is 26.2 Å². The van der Waals surface area contributed by atoms with E-state index in [1.807, 2.05) is 6.92 Å². The van der Waals surface area contributed by atoms with Crippen LogP contribution in [0.1, 0.15) is 20.3 Å². The molecule has 0 fully saturated rings. The molecule has 0 heterocycles. The van der Waals surface area contributed by atoms with E-state index >= 15 is 0 Å².